The minimum atomic E-state index is 0. The van der Waals surface area contributed by atoms with Gasteiger partial charge in [0.05, 0.1) is 20.6 Å². The van der Waals surface area contributed by atoms with Gasteiger partial charge < -0.3 is 28.5 Å². The highest BCUT2D eigenvalue weighted by atomic mass is 127. The van der Waals surface area contributed by atoms with Gasteiger partial charge in [0.1, 0.15) is 6.04 Å². The molecule has 1 aliphatic carbocycles. The predicted molar refractivity (Wildman–Crippen MR) is 65.6 cm³/mol. The monoisotopic (exact) mass is 333 g/mol. The third kappa shape index (κ3) is 3.33. The summed E-state index contributed by atoms with van der Waals surface area (Å²) in [6.07, 6.45) is 16.2. The number of rotatable bonds is 1. The maximum absolute atomic E-state index is 2.49. The summed E-state index contributed by atoms with van der Waals surface area (Å²) in [5.74, 6) is 0.895. The van der Waals surface area contributed by atoms with E-state index in [4.69, 9.17) is 0 Å². The third-order valence-electron chi connectivity index (χ3n) is 4.07. The molecule has 0 aromatic carbocycles. The van der Waals surface area contributed by atoms with Gasteiger partial charge in [-0.3, -0.25) is 0 Å². The lowest BCUT2D eigenvalue weighted by Gasteiger charge is -2.42. The summed E-state index contributed by atoms with van der Waals surface area (Å²) < 4.78 is 1.20. The summed E-state index contributed by atoms with van der Waals surface area (Å²) >= 11 is 0. The Morgan fingerprint density at radius 3 is 2.12 bits per heavy atom. The predicted octanol–water partition coefficient (Wildman–Crippen LogP) is 0.142. The van der Waals surface area contributed by atoms with Crippen molar-refractivity contribution in [3.63, 3.8) is 0 Å². The van der Waals surface area contributed by atoms with Gasteiger partial charge in [-0.1, -0.05) is 18.2 Å². The molecule has 16 heavy (non-hydrogen) atoms. The Morgan fingerprint density at radius 1 is 0.938 bits per heavy atom. The van der Waals surface area contributed by atoms with Crippen molar-refractivity contribution >= 4 is 0 Å². The second-order valence-electron chi connectivity index (χ2n) is 5.60. The first-order valence-electron chi connectivity index (χ1n) is 6.34. The Morgan fingerprint density at radius 2 is 1.56 bits per heavy atom. The van der Waals surface area contributed by atoms with Crippen LogP contribution < -0.4 is 24.0 Å². The van der Waals surface area contributed by atoms with Crippen molar-refractivity contribution in [1.82, 2.24) is 0 Å². The van der Waals surface area contributed by atoms with Crippen LogP contribution >= 0.6 is 0 Å². The van der Waals surface area contributed by atoms with Gasteiger partial charge in [-0.25, -0.2) is 0 Å². The van der Waals surface area contributed by atoms with E-state index >= 15 is 0 Å². The average molecular weight is 333 g/mol. The van der Waals surface area contributed by atoms with Crippen LogP contribution in [0.25, 0.3) is 0 Å². The minimum absolute atomic E-state index is 0. The van der Waals surface area contributed by atoms with E-state index in [2.05, 4.69) is 38.4 Å². The average Bonchev–Trinajstić information content (AvgIpc) is 2.45. The van der Waals surface area contributed by atoms with Gasteiger partial charge in [-0.05, 0) is 31.8 Å². The zero-order valence-electron chi connectivity index (χ0n) is 10.5. The Labute approximate surface area is 117 Å². The van der Waals surface area contributed by atoms with Crippen molar-refractivity contribution in [3.05, 3.63) is 24.3 Å². The van der Waals surface area contributed by atoms with Crippen LogP contribution in [0.3, 0.4) is 0 Å². The van der Waals surface area contributed by atoms with Crippen LogP contribution in [-0.2, 0) is 0 Å². The molecule has 0 aromatic rings. The first kappa shape index (κ1) is 14.2. The lowest BCUT2D eigenvalue weighted by molar-refractivity contribution is -0.913. The van der Waals surface area contributed by atoms with E-state index in [1.807, 2.05) is 0 Å². The van der Waals surface area contributed by atoms with Crippen molar-refractivity contribution in [3.8, 4) is 0 Å². The summed E-state index contributed by atoms with van der Waals surface area (Å²) in [5.41, 5.74) is 0. The van der Waals surface area contributed by atoms with E-state index < -0.39 is 0 Å². The number of allylic oxidation sites excluding steroid dienone is 2. The molecule has 1 atom stereocenters. The van der Waals surface area contributed by atoms with Gasteiger partial charge in [-0.15, -0.1) is 0 Å². The fourth-order valence-electron chi connectivity index (χ4n) is 3.09. The molecule has 0 fully saturated rings. The molecule has 0 radical (unpaired) electrons. The molecule has 0 N–H and O–H groups in total. The van der Waals surface area contributed by atoms with Crippen LogP contribution in [0.1, 0.15) is 32.1 Å². The van der Waals surface area contributed by atoms with Crippen molar-refractivity contribution < 1.29 is 28.5 Å². The maximum atomic E-state index is 2.49. The highest BCUT2D eigenvalue weighted by molar-refractivity contribution is 4.99. The number of likely N-dealkylation sites (N-methyl/N-ethyl adjacent to an activating group) is 1. The Kier molecular flexibility index (Phi) is 5.51. The first-order valence-corrected chi connectivity index (χ1v) is 6.34. The normalized spacial score (nSPS) is 29.5. The summed E-state index contributed by atoms with van der Waals surface area (Å²) in [6, 6.07) is 0.763. The van der Waals surface area contributed by atoms with E-state index in [9.17, 15) is 0 Å². The fourth-order valence-corrected chi connectivity index (χ4v) is 3.09. The van der Waals surface area contributed by atoms with E-state index in [0.29, 0.717) is 0 Å². The van der Waals surface area contributed by atoms with Crippen LogP contribution in [0.2, 0.25) is 0 Å². The second-order valence-corrected chi connectivity index (χ2v) is 5.60. The van der Waals surface area contributed by atoms with E-state index in [0.717, 1.165) is 12.0 Å². The van der Waals surface area contributed by atoms with Crippen LogP contribution in [0, 0.1) is 5.92 Å². The molecule has 2 heteroatoms. The van der Waals surface area contributed by atoms with Crippen molar-refractivity contribution in [2.24, 2.45) is 5.92 Å². The number of hydrogen-bond acceptors (Lipinski definition) is 0. The molecule has 2 rings (SSSR count). The quantitative estimate of drug-likeness (QED) is 0.364. The highest BCUT2D eigenvalue weighted by Gasteiger charge is 2.34. The summed E-state index contributed by atoms with van der Waals surface area (Å²) in [4.78, 5) is 0. The summed E-state index contributed by atoms with van der Waals surface area (Å²) in [6.45, 7) is 1.31. The Bertz CT molecular complexity index is 258. The largest absolute Gasteiger partial charge is 1.00 e. The topological polar surface area (TPSA) is 0 Å². The molecule has 0 saturated carbocycles. The molecule has 1 unspecified atom stereocenters. The van der Waals surface area contributed by atoms with E-state index in [-0.39, 0.29) is 24.0 Å². The van der Waals surface area contributed by atoms with Gasteiger partial charge in [0.15, 0.2) is 0 Å². The zero-order chi connectivity index (χ0) is 10.7. The van der Waals surface area contributed by atoms with Gasteiger partial charge in [0.25, 0.3) is 0 Å². The molecule has 92 valence electrons. The number of hydrogen-bond donors (Lipinski definition) is 0. The molecule has 0 saturated heterocycles. The first-order chi connectivity index (χ1) is 7.20. The highest BCUT2D eigenvalue weighted by Crippen LogP contribution is 2.30. The van der Waals surface area contributed by atoms with Crippen LogP contribution in [0.4, 0.5) is 0 Å². The maximum Gasteiger partial charge on any atom is 0.110 e. The molecule has 0 amide bonds. The second kappa shape index (κ2) is 6.20. The number of halogens is 1. The van der Waals surface area contributed by atoms with Gasteiger partial charge in [-0.2, -0.15) is 0 Å². The van der Waals surface area contributed by atoms with Gasteiger partial charge >= 0.3 is 0 Å². The third-order valence-corrected chi connectivity index (χ3v) is 4.07. The molecule has 0 spiro atoms. The molecule has 1 heterocycles. The van der Waals surface area contributed by atoms with E-state index in [1.54, 1.807) is 0 Å². The van der Waals surface area contributed by atoms with Crippen LogP contribution in [0.15, 0.2) is 24.3 Å². The Hall–Kier alpha value is 0.170. The molecular formula is C14H24IN. The molecule has 0 aromatic heterocycles. The van der Waals surface area contributed by atoms with E-state index in [1.165, 1.54) is 43.1 Å². The molecule has 1 nitrogen and oxygen atoms in total. The Balaban J connectivity index is 0.00000128. The molecule has 2 aliphatic rings. The lowest BCUT2D eigenvalue weighted by atomic mass is 9.87. The number of quaternary nitrogens is 1. The standard InChI is InChI=1S/C14H24N.HI/c1-15(2)12-8-7-11-14(15)13-9-5-3-4-6-10-13;/h3-4,7,11,13-14H,5-6,8-10,12H2,1-2H3;1H/q+1;/p-1. The molecule has 1 aliphatic heterocycles. The fraction of sp³-hybridized carbons (Fsp3) is 0.714. The SMILES string of the molecule is C[N+]1(C)CCC=CC1C1CCC=CCC1.[I-]. The lowest BCUT2D eigenvalue weighted by Crippen LogP contribution is -3.00. The molecule has 0 bridgehead atoms. The summed E-state index contributed by atoms with van der Waals surface area (Å²) in [5, 5.41) is 0. The smallest absolute Gasteiger partial charge is 0.110 e. The van der Waals surface area contributed by atoms with Gasteiger partial charge in [0.2, 0.25) is 0 Å². The van der Waals surface area contributed by atoms with Crippen LogP contribution in [0.5, 0.6) is 0 Å². The van der Waals surface area contributed by atoms with Crippen molar-refractivity contribution in [1.29, 1.82) is 0 Å². The van der Waals surface area contributed by atoms with Gasteiger partial charge in [0, 0.05) is 12.3 Å². The minimum Gasteiger partial charge on any atom is -1.00 e. The van der Waals surface area contributed by atoms with Crippen LogP contribution in [-0.4, -0.2) is 31.2 Å². The summed E-state index contributed by atoms with van der Waals surface area (Å²) in [7, 11) is 4.79. The van der Waals surface area contributed by atoms with Crippen molar-refractivity contribution in [2.75, 3.05) is 20.6 Å². The zero-order valence-corrected chi connectivity index (χ0v) is 12.7. The molecular weight excluding hydrogens is 309 g/mol. The number of nitrogens with zero attached hydrogens (tertiary/aromatic N) is 1. The van der Waals surface area contributed by atoms with Crippen molar-refractivity contribution in [2.45, 2.75) is 38.1 Å².